The number of nitrogens with zero attached hydrogens (tertiary/aromatic N) is 5. The SMILES string of the molecule is CCOC(=O)c1cc(OC)c2c(c1)nc(NC(=O)c1cc(C)nn1CC)n2CCc1ccc(B(O)N=O)cc1. The molecule has 0 aliphatic heterocycles. The second-order valence-electron chi connectivity index (χ2n) is 8.77. The molecule has 2 N–H and O–H groups in total. The lowest BCUT2D eigenvalue weighted by Crippen LogP contribution is -2.27. The third-order valence-electron chi connectivity index (χ3n) is 6.20. The van der Waals surface area contributed by atoms with E-state index in [1.807, 2.05) is 18.4 Å². The highest BCUT2D eigenvalue weighted by Gasteiger charge is 2.22. The van der Waals surface area contributed by atoms with Gasteiger partial charge in [-0.15, -0.1) is 0 Å². The first-order valence-electron chi connectivity index (χ1n) is 12.5. The fraction of sp³-hybridized carbons (Fsp3) is 0.308. The Bertz CT molecular complexity index is 1510. The van der Waals surface area contributed by atoms with Crippen LogP contribution in [-0.2, 0) is 24.2 Å². The molecule has 1 amide bonds. The summed E-state index contributed by atoms with van der Waals surface area (Å²) in [5, 5.41) is 19.5. The van der Waals surface area contributed by atoms with E-state index in [2.05, 4.69) is 20.5 Å². The van der Waals surface area contributed by atoms with Gasteiger partial charge in [-0.25, -0.2) is 9.78 Å². The molecule has 0 bridgehead atoms. The van der Waals surface area contributed by atoms with Gasteiger partial charge >= 0.3 is 13.0 Å². The number of nitrogens with one attached hydrogen (secondary N) is 1. The maximum Gasteiger partial charge on any atom is 0.517 e. The van der Waals surface area contributed by atoms with Crippen LogP contribution in [0, 0.1) is 11.8 Å². The molecule has 0 spiro atoms. The van der Waals surface area contributed by atoms with E-state index in [-0.39, 0.29) is 24.0 Å². The molecule has 4 aromatic rings. The Morgan fingerprint density at radius 3 is 2.54 bits per heavy atom. The number of anilines is 1. The lowest BCUT2D eigenvalue weighted by Gasteiger charge is -2.13. The van der Waals surface area contributed by atoms with Gasteiger partial charge in [0.25, 0.3) is 5.91 Å². The van der Waals surface area contributed by atoms with Gasteiger partial charge in [0.05, 0.1) is 30.5 Å². The van der Waals surface area contributed by atoms with Crippen LogP contribution in [0.15, 0.2) is 47.6 Å². The Morgan fingerprint density at radius 1 is 1.15 bits per heavy atom. The van der Waals surface area contributed by atoms with Crippen LogP contribution in [0.5, 0.6) is 5.75 Å². The Morgan fingerprint density at radius 2 is 1.90 bits per heavy atom. The zero-order valence-electron chi connectivity index (χ0n) is 22.2. The molecule has 202 valence electrons. The lowest BCUT2D eigenvalue weighted by molar-refractivity contribution is 0.0526. The fourth-order valence-corrected chi connectivity index (χ4v) is 4.32. The summed E-state index contributed by atoms with van der Waals surface area (Å²) in [7, 11) is 0.0731. The number of aromatic nitrogens is 4. The van der Waals surface area contributed by atoms with Crippen molar-refractivity contribution in [1.82, 2.24) is 19.3 Å². The van der Waals surface area contributed by atoms with Gasteiger partial charge in [0, 0.05) is 13.1 Å². The van der Waals surface area contributed by atoms with Gasteiger partial charge in [-0.2, -0.15) is 10.0 Å². The van der Waals surface area contributed by atoms with Gasteiger partial charge in [-0.3, -0.25) is 14.8 Å². The van der Waals surface area contributed by atoms with Crippen LogP contribution in [0.4, 0.5) is 5.95 Å². The topological polar surface area (TPSA) is 150 Å². The summed E-state index contributed by atoms with van der Waals surface area (Å²) >= 11 is 0. The summed E-state index contributed by atoms with van der Waals surface area (Å²) < 4.78 is 14.2. The molecule has 13 heteroatoms. The standard InChI is InChI=1S/C26H29BN6O6/c1-5-33-21(13-16(3)30-33)24(34)29-26-28-20-14-18(25(35)39-6-2)15-22(38-4)23(20)32(26)12-11-17-7-9-19(10-8-17)27(36)31-37/h7-10,13-15,36H,5-6,11-12H2,1-4H3,(H,28,29,34). The predicted molar refractivity (Wildman–Crippen MR) is 146 cm³/mol. The normalized spacial score (nSPS) is 10.9. The zero-order chi connectivity index (χ0) is 28.1. The molecule has 2 aromatic carbocycles. The molecule has 0 unspecified atom stereocenters. The molecule has 2 heterocycles. The number of rotatable bonds is 11. The van der Waals surface area contributed by atoms with Gasteiger partial charge in [0.15, 0.2) is 0 Å². The molecular weight excluding hydrogens is 503 g/mol. The van der Waals surface area contributed by atoms with Gasteiger partial charge in [0.2, 0.25) is 5.95 Å². The molecule has 0 atom stereocenters. The van der Waals surface area contributed by atoms with Crippen LogP contribution in [-0.4, -0.2) is 57.0 Å². The Kier molecular flexibility index (Phi) is 8.40. The number of benzene rings is 2. The second-order valence-corrected chi connectivity index (χ2v) is 8.77. The van der Waals surface area contributed by atoms with Gasteiger partial charge in [-0.05, 0) is 56.4 Å². The molecule has 0 fully saturated rings. The molecule has 0 saturated heterocycles. The van der Waals surface area contributed by atoms with Crippen molar-refractivity contribution in [3.8, 4) is 5.75 Å². The van der Waals surface area contributed by atoms with E-state index in [9.17, 15) is 19.5 Å². The minimum atomic E-state index is -1.42. The quantitative estimate of drug-likeness (QED) is 0.170. The first-order valence-corrected chi connectivity index (χ1v) is 12.5. The third-order valence-corrected chi connectivity index (χ3v) is 6.20. The van der Waals surface area contributed by atoms with Gasteiger partial charge in [-0.1, -0.05) is 29.4 Å². The molecule has 2 aromatic heterocycles. The van der Waals surface area contributed by atoms with Crippen molar-refractivity contribution in [3.05, 3.63) is 69.9 Å². The second kappa shape index (κ2) is 11.9. The summed E-state index contributed by atoms with van der Waals surface area (Å²) in [6.07, 6.45) is 0.522. The highest BCUT2D eigenvalue weighted by Crippen LogP contribution is 2.31. The summed E-state index contributed by atoms with van der Waals surface area (Å²) in [6.45, 7) is 6.57. The number of aryl methyl sites for hydroxylation is 4. The number of esters is 1. The zero-order valence-corrected chi connectivity index (χ0v) is 22.2. The van der Waals surface area contributed by atoms with Gasteiger partial charge in [0.1, 0.15) is 17.0 Å². The number of amides is 1. The largest absolute Gasteiger partial charge is 0.517 e. The molecule has 4 rings (SSSR count). The maximum atomic E-state index is 13.3. The van der Waals surface area contributed by atoms with Crippen LogP contribution < -0.4 is 15.5 Å². The van der Waals surface area contributed by atoms with Gasteiger partial charge < -0.3 is 19.1 Å². The van der Waals surface area contributed by atoms with E-state index in [4.69, 9.17) is 9.47 Å². The first kappa shape index (κ1) is 27.5. The Balaban J connectivity index is 1.74. The van der Waals surface area contributed by atoms with Crippen LogP contribution in [0.3, 0.4) is 0 Å². The number of nitroso groups, excluding NO2 is 1. The highest BCUT2D eigenvalue weighted by molar-refractivity contribution is 6.64. The van der Waals surface area contributed by atoms with Crippen molar-refractivity contribution in [1.29, 1.82) is 0 Å². The summed E-state index contributed by atoms with van der Waals surface area (Å²) in [5.41, 5.74) is 3.74. The number of fused-ring (bicyclic) bond motifs is 1. The molecule has 12 nitrogen and oxygen atoms in total. The van der Waals surface area contributed by atoms with Crippen molar-refractivity contribution < 1.29 is 24.1 Å². The average Bonchev–Trinajstić information content (AvgIpc) is 3.50. The molecule has 0 aliphatic rings. The summed E-state index contributed by atoms with van der Waals surface area (Å²) in [4.78, 5) is 41.0. The van der Waals surface area contributed by atoms with Crippen LogP contribution in [0.25, 0.3) is 11.0 Å². The number of ether oxygens (including phenoxy) is 2. The number of hydrogen-bond donors (Lipinski definition) is 2. The van der Waals surface area contributed by atoms with Crippen molar-refractivity contribution in [2.45, 2.75) is 40.3 Å². The minimum Gasteiger partial charge on any atom is -0.494 e. The fourth-order valence-electron chi connectivity index (χ4n) is 4.32. The Labute approximate surface area is 225 Å². The lowest BCUT2D eigenvalue weighted by atomic mass is 9.75. The molecule has 0 radical (unpaired) electrons. The van der Waals surface area contributed by atoms with E-state index in [0.717, 1.165) is 11.3 Å². The highest BCUT2D eigenvalue weighted by atomic mass is 16.5. The number of hydrogen-bond acceptors (Lipinski definition) is 9. The predicted octanol–water partition coefficient (Wildman–Crippen LogP) is 2.70. The molecule has 39 heavy (non-hydrogen) atoms. The molecule has 0 aliphatic carbocycles. The van der Waals surface area contributed by atoms with E-state index >= 15 is 0 Å². The van der Waals surface area contributed by atoms with E-state index in [1.54, 1.807) is 54.1 Å². The maximum absolute atomic E-state index is 13.3. The van der Waals surface area contributed by atoms with Crippen molar-refractivity contribution >= 4 is 41.4 Å². The van der Waals surface area contributed by atoms with Crippen LogP contribution >= 0.6 is 0 Å². The third kappa shape index (κ3) is 5.83. The van der Waals surface area contributed by atoms with E-state index in [1.165, 1.54) is 7.11 Å². The van der Waals surface area contributed by atoms with E-state index in [0.29, 0.717) is 47.4 Å². The van der Waals surface area contributed by atoms with Crippen molar-refractivity contribution in [2.24, 2.45) is 5.09 Å². The molecular formula is C26H29BN6O6. The van der Waals surface area contributed by atoms with Crippen LogP contribution in [0.1, 0.15) is 46.0 Å². The molecule has 0 saturated carbocycles. The number of methoxy groups -OCH3 is 1. The first-order chi connectivity index (χ1) is 18.8. The smallest absolute Gasteiger partial charge is 0.494 e. The summed E-state index contributed by atoms with van der Waals surface area (Å²) in [6, 6.07) is 11.7. The minimum absolute atomic E-state index is 0.220. The average molecular weight is 532 g/mol. The Hall–Kier alpha value is -4.52. The number of imidazole rings is 1. The monoisotopic (exact) mass is 532 g/mol. The van der Waals surface area contributed by atoms with E-state index < -0.39 is 13.0 Å². The number of carbonyl (C=O) groups is 2. The van der Waals surface area contributed by atoms with Crippen LogP contribution in [0.2, 0.25) is 0 Å². The summed E-state index contributed by atoms with van der Waals surface area (Å²) in [5.74, 6) is -0.216. The number of carbonyl (C=O) groups excluding carboxylic acids is 2. The van der Waals surface area contributed by atoms with Crippen molar-refractivity contribution in [3.63, 3.8) is 0 Å². The van der Waals surface area contributed by atoms with Crippen molar-refractivity contribution in [2.75, 3.05) is 19.0 Å².